The molecular weight excluding hydrogens is 282 g/mol. The lowest BCUT2D eigenvalue weighted by Crippen LogP contribution is -2.37. The van der Waals surface area contributed by atoms with Crippen LogP contribution in [0.3, 0.4) is 0 Å². The molecule has 0 spiro atoms. The molecule has 1 fully saturated rings. The Kier molecular flexibility index (Phi) is 4.85. The largest absolute Gasteiger partial charge is 0.396 e. The van der Waals surface area contributed by atoms with Gasteiger partial charge < -0.3 is 15.3 Å². The predicted molar refractivity (Wildman–Crippen MR) is 71.5 cm³/mol. The molecule has 1 saturated heterocycles. The molecule has 0 bridgehead atoms. The Morgan fingerprint density at radius 2 is 2.00 bits per heavy atom. The lowest BCUT2D eigenvalue weighted by atomic mass is 10.1. The molecule has 2 N–H and O–H groups in total. The van der Waals surface area contributed by atoms with Crippen LogP contribution in [0.25, 0.3) is 0 Å². The minimum absolute atomic E-state index is 0.0480. The van der Waals surface area contributed by atoms with Gasteiger partial charge in [0.15, 0.2) is 0 Å². The van der Waals surface area contributed by atoms with E-state index in [1.807, 2.05) is 0 Å². The van der Waals surface area contributed by atoms with Crippen molar-refractivity contribution < 1.29 is 23.5 Å². The monoisotopic (exact) mass is 298 g/mol. The van der Waals surface area contributed by atoms with Crippen molar-refractivity contribution in [1.82, 2.24) is 5.32 Å². The smallest absolute Gasteiger partial charge is 0.239 e. The number of carbonyl (C=O) groups excluding carboxylic acids is 2. The van der Waals surface area contributed by atoms with Gasteiger partial charge in [-0.15, -0.1) is 0 Å². The van der Waals surface area contributed by atoms with Crippen LogP contribution in [0, 0.1) is 17.6 Å². The highest BCUT2D eigenvalue weighted by Crippen LogP contribution is 2.26. The van der Waals surface area contributed by atoms with Crippen molar-refractivity contribution in [2.24, 2.45) is 5.92 Å². The van der Waals surface area contributed by atoms with Crippen LogP contribution in [-0.2, 0) is 9.59 Å². The number of nitrogens with zero attached hydrogens (tertiary/aromatic N) is 1. The van der Waals surface area contributed by atoms with Crippen LogP contribution in [0.15, 0.2) is 18.2 Å². The van der Waals surface area contributed by atoms with Crippen molar-refractivity contribution in [3.05, 3.63) is 29.8 Å². The van der Waals surface area contributed by atoms with E-state index in [2.05, 4.69) is 5.32 Å². The number of carbonyl (C=O) groups is 2. The molecule has 1 atom stereocenters. The van der Waals surface area contributed by atoms with Gasteiger partial charge in [0.1, 0.15) is 17.6 Å². The van der Waals surface area contributed by atoms with E-state index in [4.69, 9.17) is 5.11 Å². The van der Waals surface area contributed by atoms with Crippen molar-refractivity contribution in [3.63, 3.8) is 0 Å². The summed E-state index contributed by atoms with van der Waals surface area (Å²) < 4.78 is 26.4. The van der Waals surface area contributed by atoms with Crippen LogP contribution < -0.4 is 10.2 Å². The summed E-state index contributed by atoms with van der Waals surface area (Å²) in [7, 11) is 0. The Bertz CT molecular complexity index is 531. The summed E-state index contributed by atoms with van der Waals surface area (Å²) in [6.07, 6.45) is 0.702. The first-order chi connectivity index (χ1) is 10.0. The number of amides is 2. The standard InChI is InChI=1S/C14H16F2N2O3/c15-9-6-10(16)8-11(7-9)18-4-2-12(14(18)21)13(20)17-3-1-5-19/h6-8,12,19H,1-5H2,(H,17,20). The van der Waals surface area contributed by atoms with Gasteiger partial charge in [-0.25, -0.2) is 8.78 Å². The Hall–Kier alpha value is -2.02. The maximum atomic E-state index is 13.2. The van der Waals surface area contributed by atoms with Crippen molar-refractivity contribution in [3.8, 4) is 0 Å². The first-order valence-corrected chi connectivity index (χ1v) is 6.69. The van der Waals surface area contributed by atoms with Gasteiger partial charge in [0, 0.05) is 31.5 Å². The molecule has 0 saturated carbocycles. The summed E-state index contributed by atoms with van der Waals surface area (Å²) in [5, 5.41) is 11.2. The van der Waals surface area contributed by atoms with Gasteiger partial charge in [-0.3, -0.25) is 9.59 Å². The summed E-state index contributed by atoms with van der Waals surface area (Å²) in [5.41, 5.74) is 0.114. The highest BCUT2D eigenvalue weighted by Gasteiger charge is 2.37. The normalized spacial score (nSPS) is 18.1. The second-order valence-electron chi connectivity index (χ2n) is 4.83. The molecular formula is C14H16F2N2O3. The van der Waals surface area contributed by atoms with E-state index in [0.717, 1.165) is 18.2 Å². The van der Waals surface area contributed by atoms with Crippen molar-refractivity contribution in [2.75, 3.05) is 24.6 Å². The highest BCUT2D eigenvalue weighted by atomic mass is 19.1. The van der Waals surface area contributed by atoms with E-state index in [1.54, 1.807) is 0 Å². The minimum Gasteiger partial charge on any atom is -0.396 e. The molecule has 0 aliphatic carbocycles. The second-order valence-corrected chi connectivity index (χ2v) is 4.83. The fourth-order valence-corrected chi connectivity index (χ4v) is 2.29. The van der Waals surface area contributed by atoms with Crippen LogP contribution in [0.1, 0.15) is 12.8 Å². The number of aliphatic hydroxyl groups excluding tert-OH is 1. The fraction of sp³-hybridized carbons (Fsp3) is 0.429. The van der Waals surface area contributed by atoms with E-state index in [9.17, 15) is 18.4 Å². The second kappa shape index (κ2) is 6.62. The summed E-state index contributed by atoms with van der Waals surface area (Å²) in [5.74, 6) is -3.29. The number of rotatable bonds is 5. The average molecular weight is 298 g/mol. The Morgan fingerprint density at radius 3 is 2.62 bits per heavy atom. The van der Waals surface area contributed by atoms with Crippen molar-refractivity contribution in [1.29, 1.82) is 0 Å². The topological polar surface area (TPSA) is 69.6 Å². The molecule has 0 radical (unpaired) electrons. The summed E-state index contributed by atoms with van der Waals surface area (Å²) in [6, 6.07) is 2.85. The van der Waals surface area contributed by atoms with Gasteiger partial charge in [0.25, 0.3) is 0 Å². The zero-order valence-electron chi connectivity index (χ0n) is 11.3. The molecule has 1 aliphatic rings. The maximum Gasteiger partial charge on any atom is 0.239 e. The summed E-state index contributed by atoms with van der Waals surface area (Å²) >= 11 is 0. The van der Waals surface area contributed by atoms with E-state index >= 15 is 0 Å². The molecule has 1 unspecified atom stereocenters. The van der Waals surface area contributed by atoms with Gasteiger partial charge >= 0.3 is 0 Å². The molecule has 5 nitrogen and oxygen atoms in total. The number of halogens is 2. The summed E-state index contributed by atoms with van der Waals surface area (Å²) in [6.45, 7) is 0.473. The molecule has 2 rings (SSSR count). The molecule has 1 aliphatic heterocycles. The first kappa shape index (κ1) is 15.4. The molecule has 2 amide bonds. The van der Waals surface area contributed by atoms with Crippen LogP contribution >= 0.6 is 0 Å². The minimum atomic E-state index is -0.852. The molecule has 114 valence electrons. The van der Waals surface area contributed by atoms with E-state index in [0.29, 0.717) is 12.8 Å². The van der Waals surface area contributed by atoms with Crippen LogP contribution in [0.4, 0.5) is 14.5 Å². The predicted octanol–water partition coefficient (Wildman–Crippen LogP) is 0.816. The Balaban J connectivity index is 2.05. The SMILES string of the molecule is O=C(NCCCO)C1CCN(c2cc(F)cc(F)c2)C1=O. The molecule has 21 heavy (non-hydrogen) atoms. The third-order valence-corrected chi connectivity index (χ3v) is 3.32. The lowest BCUT2D eigenvalue weighted by molar-refractivity contribution is -0.132. The molecule has 0 aromatic heterocycles. The third kappa shape index (κ3) is 3.55. The Morgan fingerprint density at radius 1 is 1.33 bits per heavy atom. The number of anilines is 1. The number of hydrogen-bond donors (Lipinski definition) is 2. The highest BCUT2D eigenvalue weighted by molar-refractivity contribution is 6.09. The molecule has 1 aromatic rings. The summed E-state index contributed by atoms with van der Waals surface area (Å²) in [4.78, 5) is 25.2. The Labute approximate surface area is 120 Å². The van der Waals surface area contributed by atoms with E-state index in [-0.39, 0.29) is 25.4 Å². The van der Waals surface area contributed by atoms with Gasteiger partial charge in [0.2, 0.25) is 11.8 Å². The number of hydrogen-bond acceptors (Lipinski definition) is 3. The van der Waals surface area contributed by atoms with Crippen molar-refractivity contribution in [2.45, 2.75) is 12.8 Å². The van der Waals surface area contributed by atoms with Gasteiger partial charge in [-0.1, -0.05) is 0 Å². The van der Waals surface area contributed by atoms with Crippen LogP contribution in [0.5, 0.6) is 0 Å². The first-order valence-electron chi connectivity index (χ1n) is 6.69. The molecule has 7 heteroatoms. The quantitative estimate of drug-likeness (QED) is 0.624. The molecule has 1 heterocycles. The number of aliphatic hydroxyl groups is 1. The number of nitrogens with one attached hydrogen (secondary N) is 1. The van der Waals surface area contributed by atoms with Crippen LogP contribution in [-0.4, -0.2) is 36.6 Å². The molecule has 1 aromatic carbocycles. The fourth-order valence-electron chi connectivity index (χ4n) is 2.29. The third-order valence-electron chi connectivity index (χ3n) is 3.32. The van der Waals surface area contributed by atoms with Gasteiger partial charge in [0.05, 0.1) is 0 Å². The van der Waals surface area contributed by atoms with Crippen molar-refractivity contribution >= 4 is 17.5 Å². The van der Waals surface area contributed by atoms with Gasteiger partial charge in [-0.2, -0.15) is 0 Å². The maximum absolute atomic E-state index is 13.2. The van der Waals surface area contributed by atoms with Gasteiger partial charge in [-0.05, 0) is 25.0 Å². The van der Waals surface area contributed by atoms with Crippen LogP contribution in [0.2, 0.25) is 0 Å². The zero-order chi connectivity index (χ0) is 15.4. The average Bonchev–Trinajstić information content (AvgIpc) is 2.79. The zero-order valence-corrected chi connectivity index (χ0v) is 11.3. The number of benzene rings is 1. The van der Waals surface area contributed by atoms with E-state index < -0.39 is 29.4 Å². The van der Waals surface area contributed by atoms with E-state index in [1.165, 1.54) is 4.90 Å². The lowest BCUT2D eigenvalue weighted by Gasteiger charge is -2.17.